The molecule has 2 rings (SSSR count). The van der Waals surface area contributed by atoms with Gasteiger partial charge >= 0.3 is 0 Å². The minimum atomic E-state index is -0.124. The van der Waals surface area contributed by atoms with Gasteiger partial charge in [0.05, 0.1) is 11.3 Å². The molecule has 0 aliphatic heterocycles. The van der Waals surface area contributed by atoms with Crippen LogP contribution in [0.4, 0.5) is 0 Å². The maximum Gasteiger partial charge on any atom is 0.255 e. The molecule has 0 bridgehead atoms. The van der Waals surface area contributed by atoms with Gasteiger partial charge in [-0.15, -0.1) is 0 Å². The van der Waals surface area contributed by atoms with Crippen molar-refractivity contribution in [1.82, 2.24) is 9.97 Å². The Labute approximate surface area is 76.2 Å². The molecule has 1 unspecified atom stereocenters. The van der Waals surface area contributed by atoms with Crippen molar-refractivity contribution in [3.8, 4) is 0 Å². The maximum absolute atomic E-state index is 11.5. The Hall–Kier alpha value is -1.16. The second-order valence-electron chi connectivity index (χ2n) is 3.51. The van der Waals surface area contributed by atoms with E-state index in [9.17, 15) is 4.79 Å². The number of aryl methyl sites for hydroxylation is 2. The molecule has 4 nitrogen and oxygen atoms in total. The molecule has 4 heteroatoms. The zero-order valence-electron chi connectivity index (χ0n) is 7.63. The first-order valence-electron chi connectivity index (χ1n) is 4.54. The van der Waals surface area contributed by atoms with Gasteiger partial charge in [-0.2, -0.15) is 0 Å². The third-order valence-electron chi connectivity index (χ3n) is 2.45. The van der Waals surface area contributed by atoms with E-state index in [2.05, 4.69) is 9.97 Å². The van der Waals surface area contributed by atoms with Crippen molar-refractivity contribution in [3.05, 3.63) is 27.4 Å². The molecule has 0 fully saturated rings. The summed E-state index contributed by atoms with van der Waals surface area (Å²) in [5, 5.41) is 0. The van der Waals surface area contributed by atoms with Crippen molar-refractivity contribution >= 4 is 0 Å². The Morgan fingerprint density at radius 2 is 2.38 bits per heavy atom. The monoisotopic (exact) mass is 179 g/mol. The van der Waals surface area contributed by atoms with E-state index in [0.29, 0.717) is 11.4 Å². The molecule has 0 spiro atoms. The normalized spacial score (nSPS) is 21.2. The largest absolute Gasteiger partial charge is 0.324 e. The average molecular weight is 179 g/mol. The molecule has 0 saturated carbocycles. The van der Waals surface area contributed by atoms with Gasteiger partial charge in [-0.3, -0.25) is 4.79 Å². The van der Waals surface area contributed by atoms with Crippen LogP contribution in [-0.4, -0.2) is 9.97 Å². The summed E-state index contributed by atoms with van der Waals surface area (Å²) in [7, 11) is 0. The van der Waals surface area contributed by atoms with Crippen LogP contribution in [0, 0.1) is 6.92 Å². The number of nitrogens with zero attached hydrogens (tertiary/aromatic N) is 1. The molecule has 1 aliphatic carbocycles. The molecule has 0 aromatic carbocycles. The summed E-state index contributed by atoms with van der Waals surface area (Å²) in [5.74, 6) is 0.679. The zero-order chi connectivity index (χ0) is 9.42. The van der Waals surface area contributed by atoms with Crippen LogP contribution in [-0.2, 0) is 6.42 Å². The topological polar surface area (TPSA) is 71.8 Å². The number of aromatic nitrogens is 2. The lowest BCUT2D eigenvalue weighted by atomic mass is 9.93. The summed E-state index contributed by atoms with van der Waals surface area (Å²) in [6.07, 6.45) is 2.80. The zero-order valence-corrected chi connectivity index (χ0v) is 7.63. The number of H-pyrrole nitrogens is 1. The Balaban J connectivity index is 2.63. The van der Waals surface area contributed by atoms with Gasteiger partial charge in [0, 0.05) is 6.04 Å². The molecule has 1 aliphatic rings. The SMILES string of the molecule is Cc1nc2c(c(=O)[nH]1)C(N)CCC2. The van der Waals surface area contributed by atoms with Gasteiger partial charge in [-0.1, -0.05) is 0 Å². The van der Waals surface area contributed by atoms with Crippen molar-refractivity contribution < 1.29 is 0 Å². The van der Waals surface area contributed by atoms with Crippen LogP contribution < -0.4 is 11.3 Å². The summed E-state index contributed by atoms with van der Waals surface area (Å²) in [5.41, 5.74) is 7.36. The molecule has 1 aromatic rings. The molecule has 0 amide bonds. The molecule has 1 heterocycles. The van der Waals surface area contributed by atoms with E-state index in [1.807, 2.05) is 0 Å². The standard InChI is InChI=1S/C9H13N3O/c1-5-11-7-4-2-3-6(10)8(7)9(13)12-5/h6H,2-4,10H2,1H3,(H,11,12,13). The molecule has 0 radical (unpaired) electrons. The van der Waals surface area contributed by atoms with Crippen LogP contribution in [0.3, 0.4) is 0 Å². The lowest BCUT2D eigenvalue weighted by Gasteiger charge is -2.19. The first-order valence-corrected chi connectivity index (χ1v) is 4.54. The van der Waals surface area contributed by atoms with Crippen LogP contribution in [0.5, 0.6) is 0 Å². The minimum Gasteiger partial charge on any atom is -0.324 e. The Morgan fingerprint density at radius 1 is 1.62 bits per heavy atom. The summed E-state index contributed by atoms with van der Waals surface area (Å²) in [6.45, 7) is 1.79. The summed E-state index contributed by atoms with van der Waals surface area (Å²) in [6, 6.07) is -0.124. The quantitative estimate of drug-likeness (QED) is 0.606. The number of fused-ring (bicyclic) bond motifs is 1. The maximum atomic E-state index is 11.5. The van der Waals surface area contributed by atoms with Crippen molar-refractivity contribution in [2.45, 2.75) is 32.2 Å². The van der Waals surface area contributed by atoms with E-state index >= 15 is 0 Å². The first kappa shape index (κ1) is 8.44. The number of rotatable bonds is 0. The predicted molar refractivity (Wildman–Crippen MR) is 49.5 cm³/mol. The second-order valence-corrected chi connectivity index (χ2v) is 3.51. The minimum absolute atomic E-state index is 0.0605. The third-order valence-corrected chi connectivity index (χ3v) is 2.45. The fourth-order valence-corrected chi connectivity index (χ4v) is 1.86. The van der Waals surface area contributed by atoms with Crippen molar-refractivity contribution in [2.75, 3.05) is 0 Å². The van der Waals surface area contributed by atoms with E-state index in [0.717, 1.165) is 25.0 Å². The highest BCUT2D eigenvalue weighted by molar-refractivity contribution is 5.23. The van der Waals surface area contributed by atoms with E-state index in [1.54, 1.807) is 6.92 Å². The summed E-state index contributed by atoms with van der Waals surface area (Å²) >= 11 is 0. The van der Waals surface area contributed by atoms with E-state index in [1.165, 1.54) is 0 Å². The number of nitrogens with one attached hydrogen (secondary N) is 1. The molecule has 1 atom stereocenters. The van der Waals surface area contributed by atoms with Crippen molar-refractivity contribution in [3.63, 3.8) is 0 Å². The molecule has 0 saturated heterocycles. The smallest absolute Gasteiger partial charge is 0.255 e. The van der Waals surface area contributed by atoms with Gasteiger partial charge in [0.15, 0.2) is 0 Å². The first-order chi connectivity index (χ1) is 6.18. The highest BCUT2D eigenvalue weighted by atomic mass is 16.1. The Bertz CT molecular complexity index is 383. The van der Waals surface area contributed by atoms with E-state index < -0.39 is 0 Å². The number of aromatic amines is 1. The van der Waals surface area contributed by atoms with Crippen molar-refractivity contribution in [1.29, 1.82) is 0 Å². The number of nitrogens with two attached hydrogens (primary N) is 1. The van der Waals surface area contributed by atoms with Crippen LogP contribution in [0.15, 0.2) is 4.79 Å². The van der Waals surface area contributed by atoms with Crippen LogP contribution in [0.1, 0.15) is 36.0 Å². The van der Waals surface area contributed by atoms with Crippen LogP contribution >= 0.6 is 0 Å². The second kappa shape index (κ2) is 2.96. The molecule has 13 heavy (non-hydrogen) atoms. The van der Waals surface area contributed by atoms with Gasteiger partial charge in [0.2, 0.25) is 0 Å². The van der Waals surface area contributed by atoms with Gasteiger partial charge in [-0.25, -0.2) is 4.98 Å². The average Bonchev–Trinajstić information content (AvgIpc) is 2.02. The fraction of sp³-hybridized carbons (Fsp3) is 0.556. The van der Waals surface area contributed by atoms with Gasteiger partial charge in [0.25, 0.3) is 5.56 Å². The highest BCUT2D eigenvalue weighted by Crippen LogP contribution is 2.22. The molecular formula is C9H13N3O. The van der Waals surface area contributed by atoms with Crippen LogP contribution in [0.25, 0.3) is 0 Å². The Kier molecular flexibility index (Phi) is 1.92. The number of hydrogen-bond donors (Lipinski definition) is 2. The van der Waals surface area contributed by atoms with Gasteiger partial charge < -0.3 is 10.7 Å². The predicted octanol–water partition coefficient (Wildman–Crippen LogP) is 0.414. The van der Waals surface area contributed by atoms with E-state index in [4.69, 9.17) is 5.73 Å². The van der Waals surface area contributed by atoms with Gasteiger partial charge in [0.1, 0.15) is 5.82 Å². The molecule has 1 aromatic heterocycles. The van der Waals surface area contributed by atoms with E-state index in [-0.39, 0.29) is 11.6 Å². The lowest BCUT2D eigenvalue weighted by molar-refractivity contribution is 0.549. The van der Waals surface area contributed by atoms with Crippen molar-refractivity contribution in [2.24, 2.45) is 5.73 Å². The number of hydrogen-bond acceptors (Lipinski definition) is 3. The lowest BCUT2D eigenvalue weighted by Crippen LogP contribution is -2.29. The van der Waals surface area contributed by atoms with Crippen LogP contribution in [0.2, 0.25) is 0 Å². The highest BCUT2D eigenvalue weighted by Gasteiger charge is 2.21. The molecule has 70 valence electrons. The fourth-order valence-electron chi connectivity index (χ4n) is 1.86. The van der Waals surface area contributed by atoms with Gasteiger partial charge in [-0.05, 0) is 26.2 Å². The third kappa shape index (κ3) is 1.37. The summed E-state index contributed by atoms with van der Waals surface area (Å²) < 4.78 is 0. The Morgan fingerprint density at radius 3 is 3.15 bits per heavy atom. The summed E-state index contributed by atoms with van der Waals surface area (Å²) in [4.78, 5) is 18.5. The molecule has 3 N–H and O–H groups in total. The molecular weight excluding hydrogens is 166 g/mol.